The number of amides is 2. The normalized spacial score (nSPS) is 14.0. The standard InChI is InChI=1S/C34H31F3N6O3/c1-22-28(40-32(44)24-3-5-26(6-4-24)34(35,36)37)8-10-31(39-22)46-27-7-9-29-25(19-27)20-30(41(29)2)33(45)43-17-15-42(16-18-43)21-23-11-13-38-14-12-23/h3-14,19-20H,15-18,21H2,1-2H3,(H,40,44). The highest BCUT2D eigenvalue weighted by Gasteiger charge is 2.30. The molecule has 1 fully saturated rings. The van der Waals surface area contributed by atoms with Gasteiger partial charge in [-0.2, -0.15) is 13.2 Å². The fourth-order valence-electron chi connectivity index (χ4n) is 5.47. The maximum atomic E-state index is 13.5. The minimum atomic E-state index is -4.48. The van der Waals surface area contributed by atoms with Gasteiger partial charge in [0.05, 0.1) is 16.9 Å². The summed E-state index contributed by atoms with van der Waals surface area (Å²) in [5, 5.41) is 3.52. The summed E-state index contributed by atoms with van der Waals surface area (Å²) < 4.78 is 46.4. The van der Waals surface area contributed by atoms with Crippen molar-refractivity contribution in [3.8, 4) is 11.6 Å². The van der Waals surface area contributed by atoms with E-state index in [4.69, 9.17) is 4.74 Å². The Morgan fingerprint density at radius 2 is 1.63 bits per heavy atom. The second-order valence-electron chi connectivity index (χ2n) is 11.1. The second kappa shape index (κ2) is 12.6. The molecule has 0 radical (unpaired) electrons. The van der Waals surface area contributed by atoms with Gasteiger partial charge in [-0.05, 0) is 79.2 Å². The molecule has 12 heteroatoms. The lowest BCUT2D eigenvalue weighted by Crippen LogP contribution is -2.48. The molecular weight excluding hydrogens is 597 g/mol. The van der Waals surface area contributed by atoms with Crippen molar-refractivity contribution in [1.29, 1.82) is 0 Å². The summed E-state index contributed by atoms with van der Waals surface area (Å²) in [5.41, 5.74) is 2.81. The minimum Gasteiger partial charge on any atom is -0.439 e. The van der Waals surface area contributed by atoms with Gasteiger partial charge in [-0.1, -0.05) is 0 Å². The number of hydrogen-bond donors (Lipinski definition) is 1. The lowest BCUT2D eigenvalue weighted by molar-refractivity contribution is -0.137. The molecular formula is C34H31F3N6O3. The molecule has 1 saturated heterocycles. The molecule has 0 saturated carbocycles. The number of carbonyl (C=O) groups is 2. The molecule has 2 aromatic carbocycles. The van der Waals surface area contributed by atoms with Crippen molar-refractivity contribution in [1.82, 2.24) is 24.3 Å². The first kappa shape index (κ1) is 30.8. The molecule has 46 heavy (non-hydrogen) atoms. The zero-order chi connectivity index (χ0) is 32.4. The third-order valence-electron chi connectivity index (χ3n) is 8.05. The molecule has 1 aliphatic rings. The summed E-state index contributed by atoms with van der Waals surface area (Å²) in [7, 11) is 1.87. The maximum Gasteiger partial charge on any atom is 0.416 e. The zero-order valence-corrected chi connectivity index (χ0v) is 25.2. The van der Waals surface area contributed by atoms with E-state index in [9.17, 15) is 22.8 Å². The number of pyridine rings is 2. The first-order valence-corrected chi connectivity index (χ1v) is 14.7. The smallest absolute Gasteiger partial charge is 0.416 e. The van der Waals surface area contributed by atoms with Crippen LogP contribution in [0.4, 0.5) is 18.9 Å². The van der Waals surface area contributed by atoms with E-state index >= 15 is 0 Å². The van der Waals surface area contributed by atoms with Gasteiger partial charge < -0.3 is 19.5 Å². The number of anilines is 1. The highest BCUT2D eigenvalue weighted by molar-refractivity contribution is 6.04. The molecule has 0 spiro atoms. The molecule has 3 aromatic heterocycles. The average molecular weight is 629 g/mol. The molecule has 2 amide bonds. The fraction of sp³-hybridized carbons (Fsp3) is 0.235. The van der Waals surface area contributed by atoms with E-state index in [2.05, 4.69) is 20.2 Å². The van der Waals surface area contributed by atoms with Crippen molar-refractivity contribution in [3.05, 3.63) is 113 Å². The van der Waals surface area contributed by atoms with E-state index in [1.807, 2.05) is 46.8 Å². The molecule has 6 rings (SSSR count). The van der Waals surface area contributed by atoms with Crippen molar-refractivity contribution in [2.75, 3.05) is 31.5 Å². The summed E-state index contributed by atoms with van der Waals surface area (Å²) in [6.07, 6.45) is -0.898. The monoisotopic (exact) mass is 628 g/mol. The highest BCUT2D eigenvalue weighted by atomic mass is 19.4. The van der Waals surface area contributed by atoms with Crippen molar-refractivity contribution < 1.29 is 27.5 Å². The van der Waals surface area contributed by atoms with Gasteiger partial charge in [-0.15, -0.1) is 0 Å². The van der Waals surface area contributed by atoms with Crippen molar-refractivity contribution in [2.45, 2.75) is 19.6 Å². The number of nitrogens with zero attached hydrogens (tertiary/aromatic N) is 5. The van der Waals surface area contributed by atoms with Gasteiger partial charge in [0, 0.05) is 74.7 Å². The largest absolute Gasteiger partial charge is 0.439 e. The van der Waals surface area contributed by atoms with Crippen molar-refractivity contribution >= 4 is 28.4 Å². The Kier molecular flexibility index (Phi) is 8.46. The van der Waals surface area contributed by atoms with E-state index in [-0.39, 0.29) is 11.5 Å². The fourth-order valence-corrected chi connectivity index (χ4v) is 5.47. The first-order valence-electron chi connectivity index (χ1n) is 14.7. The first-order chi connectivity index (χ1) is 22.0. The molecule has 0 bridgehead atoms. The van der Waals surface area contributed by atoms with Crippen LogP contribution in [0.2, 0.25) is 0 Å². The van der Waals surface area contributed by atoms with Crippen molar-refractivity contribution in [3.63, 3.8) is 0 Å². The van der Waals surface area contributed by atoms with E-state index in [1.165, 1.54) is 5.56 Å². The van der Waals surface area contributed by atoms with Crippen LogP contribution in [0.15, 0.2) is 85.2 Å². The third kappa shape index (κ3) is 6.71. The predicted molar refractivity (Wildman–Crippen MR) is 167 cm³/mol. The van der Waals surface area contributed by atoms with Crippen LogP contribution in [0.5, 0.6) is 11.6 Å². The number of nitrogens with one attached hydrogen (secondary N) is 1. The molecule has 1 aliphatic heterocycles. The number of hydrogen-bond acceptors (Lipinski definition) is 6. The second-order valence-corrected chi connectivity index (χ2v) is 11.1. The van der Waals surface area contributed by atoms with E-state index < -0.39 is 17.6 Å². The summed E-state index contributed by atoms with van der Waals surface area (Å²) in [6.45, 7) is 5.39. The van der Waals surface area contributed by atoms with Gasteiger partial charge in [0.25, 0.3) is 11.8 Å². The van der Waals surface area contributed by atoms with Gasteiger partial charge in [-0.25, -0.2) is 4.98 Å². The number of benzene rings is 2. The van der Waals surface area contributed by atoms with Crippen LogP contribution in [0.3, 0.4) is 0 Å². The van der Waals surface area contributed by atoms with E-state index in [1.54, 1.807) is 37.5 Å². The molecule has 9 nitrogen and oxygen atoms in total. The molecule has 0 unspecified atom stereocenters. The Labute approximate surface area is 263 Å². The average Bonchev–Trinajstić information content (AvgIpc) is 3.37. The lowest BCUT2D eigenvalue weighted by Gasteiger charge is -2.34. The number of piperazine rings is 1. The SMILES string of the molecule is Cc1nc(Oc2ccc3c(c2)cc(C(=O)N2CCN(Cc4ccncc4)CC2)n3C)ccc1NC(=O)c1ccc(C(F)(F)F)cc1. The Hall–Kier alpha value is -5.23. The Bertz CT molecular complexity index is 1880. The maximum absolute atomic E-state index is 13.5. The van der Waals surface area contributed by atoms with E-state index in [0.29, 0.717) is 41.8 Å². The van der Waals surface area contributed by atoms with E-state index in [0.717, 1.165) is 54.8 Å². The number of rotatable bonds is 7. The van der Waals surface area contributed by atoms with Crippen LogP contribution < -0.4 is 10.1 Å². The van der Waals surface area contributed by atoms with Gasteiger partial charge in [-0.3, -0.25) is 19.5 Å². The number of carbonyl (C=O) groups excluding carboxylic acids is 2. The number of ether oxygens (including phenoxy) is 1. The number of aromatic nitrogens is 3. The van der Waals surface area contributed by atoms with Crippen LogP contribution in [-0.4, -0.2) is 62.3 Å². The quantitative estimate of drug-likeness (QED) is 0.228. The summed E-state index contributed by atoms with van der Waals surface area (Å²) in [4.78, 5) is 38.8. The summed E-state index contributed by atoms with van der Waals surface area (Å²) in [6, 6.07) is 18.6. The zero-order valence-electron chi connectivity index (χ0n) is 25.2. The van der Waals surface area contributed by atoms with Crippen LogP contribution in [0, 0.1) is 6.92 Å². The minimum absolute atomic E-state index is 0.0176. The Balaban J connectivity index is 1.09. The van der Waals surface area contributed by atoms with Crippen LogP contribution >= 0.6 is 0 Å². The van der Waals surface area contributed by atoms with Gasteiger partial charge >= 0.3 is 6.18 Å². The Morgan fingerprint density at radius 1 is 0.913 bits per heavy atom. The van der Waals surface area contributed by atoms with Crippen LogP contribution in [0.25, 0.3) is 10.9 Å². The van der Waals surface area contributed by atoms with Crippen LogP contribution in [0.1, 0.15) is 37.7 Å². The number of fused-ring (bicyclic) bond motifs is 1. The number of alkyl halides is 3. The van der Waals surface area contributed by atoms with Gasteiger partial charge in [0.1, 0.15) is 11.4 Å². The van der Waals surface area contributed by atoms with Crippen molar-refractivity contribution in [2.24, 2.45) is 7.05 Å². The molecule has 4 heterocycles. The molecule has 0 aliphatic carbocycles. The number of aryl methyl sites for hydroxylation is 2. The number of halogens is 3. The predicted octanol–water partition coefficient (Wildman–Crippen LogP) is 6.30. The van der Waals surface area contributed by atoms with Gasteiger partial charge in [0.15, 0.2) is 0 Å². The third-order valence-corrected chi connectivity index (χ3v) is 8.05. The molecule has 5 aromatic rings. The summed E-state index contributed by atoms with van der Waals surface area (Å²) in [5.74, 6) is 0.242. The van der Waals surface area contributed by atoms with Crippen LogP contribution in [-0.2, 0) is 19.8 Å². The summed E-state index contributed by atoms with van der Waals surface area (Å²) >= 11 is 0. The highest BCUT2D eigenvalue weighted by Crippen LogP contribution is 2.30. The van der Waals surface area contributed by atoms with Gasteiger partial charge in [0.2, 0.25) is 5.88 Å². The molecule has 1 N–H and O–H groups in total. The topological polar surface area (TPSA) is 92.6 Å². The molecule has 0 atom stereocenters. The molecule has 236 valence electrons. The Morgan fingerprint density at radius 3 is 2.30 bits per heavy atom. The lowest BCUT2D eigenvalue weighted by atomic mass is 10.1.